The van der Waals surface area contributed by atoms with Gasteiger partial charge in [0.1, 0.15) is 0 Å². The van der Waals surface area contributed by atoms with Gasteiger partial charge in [-0.05, 0) is 49.2 Å². The van der Waals surface area contributed by atoms with Gasteiger partial charge in [-0.1, -0.05) is 42.5 Å². The van der Waals surface area contributed by atoms with Crippen molar-refractivity contribution in [1.29, 1.82) is 0 Å². The second-order valence-electron chi connectivity index (χ2n) is 6.94. The number of hydrogen-bond donors (Lipinski definition) is 1. The summed E-state index contributed by atoms with van der Waals surface area (Å²) in [6.07, 6.45) is 2.28. The third-order valence-corrected chi connectivity index (χ3v) is 5.89. The largest absolute Gasteiger partial charge is 0.465 e. The number of esters is 1. The molecule has 150 valence electrons. The van der Waals surface area contributed by atoms with Crippen molar-refractivity contribution in [1.82, 2.24) is 9.21 Å². The molecule has 0 aromatic heterocycles. The van der Waals surface area contributed by atoms with E-state index in [0.717, 1.165) is 37.1 Å². The van der Waals surface area contributed by atoms with E-state index in [1.54, 1.807) is 24.3 Å². The zero-order chi connectivity index (χ0) is 19.9. The van der Waals surface area contributed by atoms with Gasteiger partial charge >= 0.3 is 5.97 Å². The minimum absolute atomic E-state index is 0.0333. The summed E-state index contributed by atoms with van der Waals surface area (Å²) >= 11 is 0. The van der Waals surface area contributed by atoms with Gasteiger partial charge < -0.3 is 4.74 Å². The summed E-state index contributed by atoms with van der Waals surface area (Å²) in [7, 11) is -1.40. The summed E-state index contributed by atoms with van der Waals surface area (Å²) in [6, 6.07) is 17.0. The number of hydrogen-bond acceptors (Lipinski definition) is 5. The monoisotopic (exact) mass is 402 g/mol. The summed E-state index contributed by atoms with van der Waals surface area (Å²) in [6.45, 7) is 2.65. The molecule has 1 unspecified atom stereocenters. The number of rotatable bonds is 8. The topological polar surface area (TPSA) is 66.9 Å². The lowest BCUT2D eigenvalue weighted by Crippen LogP contribution is -2.36. The van der Waals surface area contributed by atoms with Crippen molar-refractivity contribution in [2.45, 2.75) is 25.4 Å². The Labute approximate surface area is 167 Å². The zero-order valence-corrected chi connectivity index (χ0v) is 16.9. The number of benzene rings is 2. The van der Waals surface area contributed by atoms with E-state index in [2.05, 4.69) is 17.0 Å². The van der Waals surface area contributed by atoms with Crippen molar-refractivity contribution in [3.63, 3.8) is 0 Å². The minimum Gasteiger partial charge on any atom is -0.465 e. The fourth-order valence-electron chi connectivity index (χ4n) is 3.62. The van der Waals surface area contributed by atoms with Crippen LogP contribution in [0.15, 0.2) is 54.6 Å². The van der Waals surface area contributed by atoms with E-state index in [-0.39, 0.29) is 12.6 Å². The van der Waals surface area contributed by atoms with Crippen LogP contribution in [0.1, 0.15) is 40.4 Å². The third kappa shape index (κ3) is 5.19. The Morgan fingerprint density at radius 3 is 2.29 bits per heavy atom. The van der Waals surface area contributed by atoms with Crippen LogP contribution in [0.25, 0.3) is 0 Å². The van der Waals surface area contributed by atoms with Crippen molar-refractivity contribution in [3.8, 4) is 0 Å². The van der Waals surface area contributed by atoms with E-state index in [1.165, 1.54) is 11.4 Å². The lowest BCUT2D eigenvalue weighted by molar-refractivity contribution is 0.0600. The molecule has 1 saturated heterocycles. The van der Waals surface area contributed by atoms with Crippen molar-refractivity contribution in [2.75, 3.05) is 26.7 Å². The summed E-state index contributed by atoms with van der Waals surface area (Å²) in [4.78, 5) is 13.9. The molecule has 1 aliphatic heterocycles. The fourth-order valence-corrected chi connectivity index (χ4v) is 4.19. The van der Waals surface area contributed by atoms with E-state index in [9.17, 15) is 13.2 Å². The second-order valence-corrected chi connectivity index (χ2v) is 7.98. The molecule has 2 aromatic carbocycles. The smallest absolute Gasteiger partial charge is 0.337 e. The highest BCUT2D eigenvalue weighted by Crippen LogP contribution is 2.26. The van der Waals surface area contributed by atoms with Gasteiger partial charge in [0, 0.05) is 19.1 Å². The van der Waals surface area contributed by atoms with Crippen LogP contribution in [0.3, 0.4) is 0 Å². The number of likely N-dealkylation sites (tertiary alicyclic amines) is 1. The molecule has 0 amide bonds. The van der Waals surface area contributed by atoms with Gasteiger partial charge in [0.15, 0.2) is 0 Å². The number of nitrogens with zero attached hydrogens (tertiary/aromatic N) is 2. The van der Waals surface area contributed by atoms with Crippen LogP contribution >= 0.6 is 0 Å². The van der Waals surface area contributed by atoms with Gasteiger partial charge in [-0.15, -0.1) is 0 Å². The number of methoxy groups -OCH3 is 1. The van der Waals surface area contributed by atoms with E-state index in [1.807, 2.05) is 18.2 Å². The van der Waals surface area contributed by atoms with Crippen LogP contribution in [-0.4, -0.2) is 50.3 Å². The lowest BCUT2D eigenvalue weighted by Gasteiger charge is -2.31. The molecule has 0 N–H and O–H groups in total. The molecule has 0 spiro atoms. The molecule has 1 fully saturated rings. The zero-order valence-electron chi connectivity index (χ0n) is 16.0. The van der Waals surface area contributed by atoms with Crippen LogP contribution < -0.4 is 0 Å². The second kappa shape index (κ2) is 9.82. The Balaban J connectivity index is 1.77. The molecule has 7 heteroatoms. The molecule has 1 atom stereocenters. The molecule has 3 rings (SSSR count). The SMILES string of the molecule is COC(=O)c1ccc(CN(CC(c2ccccc2)N2CCCC2)[SH](=O)=O)cc1. The maximum absolute atomic E-state index is 12.0. The van der Waals surface area contributed by atoms with E-state index >= 15 is 0 Å². The molecule has 0 radical (unpaired) electrons. The van der Waals surface area contributed by atoms with Crippen LogP contribution in [0, 0.1) is 0 Å². The molecule has 6 nitrogen and oxygen atoms in total. The normalized spacial score (nSPS) is 15.8. The third-order valence-electron chi connectivity index (χ3n) is 5.12. The average molecular weight is 403 g/mol. The minimum atomic E-state index is -2.73. The first-order valence-corrected chi connectivity index (χ1v) is 10.6. The maximum atomic E-state index is 12.0. The summed E-state index contributed by atoms with van der Waals surface area (Å²) in [5.41, 5.74) is 2.41. The van der Waals surface area contributed by atoms with E-state index < -0.39 is 16.9 Å². The Morgan fingerprint density at radius 1 is 1.07 bits per heavy atom. The van der Waals surface area contributed by atoms with Gasteiger partial charge in [-0.3, -0.25) is 4.90 Å². The highest BCUT2D eigenvalue weighted by Gasteiger charge is 2.26. The summed E-state index contributed by atoms with van der Waals surface area (Å²) < 4.78 is 30.1. The van der Waals surface area contributed by atoms with Crippen LogP contribution in [-0.2, 0) is 22.2 Å². The van der Waals surface area contributed by atoms with Gasteiger partial charge in [0.25, 0.3) is 0 Å². The average Bonchev–Trinajstić information content (AvgIpc) is 3.26. The Bertz CT molecular complexity index is 838. The first kappa shape index (κ1) is 20.5. The van der Waals surface area contributed by atoms with Crippen LogP contribution in [0.2, 0.25) is 0 Å². The lowest BCUT2D eigenvalue weighted by atomic mass is 10.1. The Hall–Kier alpha value is -2.22. The van der Waals surface area contributed by atoms with E-state index in [4.69, 9.17) is 4.74 Å². The number of carbonyl (C=O) groups is 1. The van der Waals surface area contributed by atoms with Gasteiger partial charge in [-0.25, -0.2) is 13.2 Å². The number of carbonyl (C=O) groups excluding carboxylic acids is 1. The quantitative estimate of drug-likeness (QED) is 0.543. The van der Waals surface area contributed by atoms with Crippen molar-refractivity contribution in [3.05, 3.63) is 71.3 Å². The molecule has 1 heterocycles. The number of ether oxygens (including phenoxy) is 1. The summed E-state index contributed by atoms with van der Waals surface area (Å²) in [5, 5.41) is 0. The Morgan fingerprint density at radius 2 is 1.71 bits per heavy atom. The molecule has 1 aliphatic rings. The van der Waals surface area contributed by atoms with Crippen LogP contribution in [0.4, 0.5) is 0 Å². The molecule has 0 saturated carbocycles. The highest BCUT2D eigenvalue weighted by atomic mass is 32.2. The highest BCUT2D eigenvalue weighted by molar-refractivity contribution is 7.69. The van der Waals surface area contributed by atoms with E-state index in [0.29, 0.717) is 12.1 Å². The molecular formula is C21H26N2O4S. The molecular weight excluding hydrogens is 376 g/mol. The predicted octanol–water partition coefficient (Wildman–Crippen LogP) is 2.64. The first-order chi connectivity index (χ1) is 13.6. The van der Waals surface area contributed by atoms with Crippen LogP contribution in [0.5, 0.6) is 0 Å². The summed E-state index contributed by atoms with van der Waals surface area (Å²) in [5.74, 6) is -0.406. The first-order valence-electron chi connectivity index (χ1n) is 9.44. The molecule has 2 aromatic rings. The predicted molar refractivity (Wildman–Crippen MR) is 108 cm³/mol. The molecule has 0 bridgehead atoms. The molecule has 28 heavy (non-hydrogen) atoms. The molecule has 0 aliphatic carbocycles. The van der Waals surface area contributed by atoms with Gasteiger partial charge in [0.2, 0.25) is 10.9 Å². The van der Waals surface area contributed by atoms with Crippen molar-refractivity contribution >= 4 is 16.9 Å². The van der Waals surface area contributed by atoms with Crippen molar-refractivity contribution < 1.29 is 17.9 Å². The van der Waals surface area contributed by atoms with Crippen molar-refractivity contribution in [2.24, 2.45) is 0 Å². The van der Waals surface area contributed by atoms with Gasteiger partial charge in [0.05, 0.1) is 12.7 Å². The maximum Gasteiger partial charge on any atom is 0.337 e. The fraction of sp³-hybridized carbons (Fsp3) is 0.381. The standard InChI is InChI=1S/C21H26N2O4S/c1-27-21(24)19-11-9-17(10-12-19)15-23(28(25)26)16-20(22-13-5-6-14-22)18-7-3-2-4-8-18/h2-4,7-12,20,28H,5-6,13-16H2,1H3. The Kier molecular flexibility index (Phi) is 7.19. The van der Waals surface area contributed by atoms with Gasteiger partial charge in [-0.2, -0.15) is 4.31 Å². The number of thiol groups is 1.